The van der Waals surface area contributed by atoms with Gasteiger partial charge < -0.3 is 33.8 Å². The van der Waals surface area contributed by atoms with Gasteiger partial charge in [-0.3, -0.25) is 9.36 Å². The summed E-state index contributed by atoms with van der Waals surface area (Å²) in [4.78, 5) is 26.7. The van der Waals surface area contributed by atoms with Crippen molar-refractivity contribution in [1.29, 1.82) is 0 Å². The molecule has 5 aromatic rings. The van der Waals surface area contributed by atoms with Crippen LogP contribution in [0.4, 0.5) is 5.82 Å². The van der Waals surface area contributed by atoms with Crippen LogP contribution in [0.3, 0.4) is 0 Å². The summed E-state index contributed by atoms with van der Waals surface area (Å²) < 4.78 is 34.3. The van der Waals surface area contributed by atoms with Crippen LogP contribution in [-0.4, -0.2) is 83.8 Å². The monoisotopic (exact) mass is 789 g/mol. The van der Waals surface area contributed by atoms with Gasteiger partial charge in [0.15, 0.2) is 37.3 Å². The number of amides is 1. The summed E-state index contributed by atoms with van der Waals surface area (Å²) in [6, 6.07) is 28.9. The van der Waals surface area contributed by atoms with Crippen LogP contribution in [0.5, 0.6) is 0 Å². The normalized spacial score (nSPS) is 21.1. The standard InChI is InChI=1S/C44H51N5O7Si/c1-42(2,3)57(6,7)56-37-36(50)34(55-41(37)49-29-47-35-38(45-28-46-39(35)49)48-40(51)30-17-11-8-12-18-30)27-54-44(31-19-13-9-14-20-31,32-21-15-10-16-22-32)33-23-25-43(52-4,53-5)26-24-33/h8-25,28-29,34,36-37,41,50H,26-27H2,1-7H3,(H,45,46,48,51)/t34-,36-,37-,41-/m1/s1. The minimum atomic E-state index is -2.49. The zero-order chi connectivity index (χ0) is 40.4. The summed E-state index contributed by atoms with van der Waals surface area (Å²) in [7, 11) is 0.757. The number of aliphatic hydroxyl groups excluding tert-OH is 1. The Labute approximate surface area is 334 Å². The number of ether oxygens (including phenoxy) is 4. The van der Waals surface area contributed by atoms with Crippen molar-refractivity contribution in [3.8, 4) is 0 Å². The average Bonchev–Trinajstić information content (AvgIpc) is 3.79. The molecule has 1 aliphatic heterocycles. The van der Waals surface area contributed by atoms with Crippen molar-refractivity contribution >= 4 is 31.2 Å². The van der Waals surface area contributed by atoms with E-state index in [4.69, 9.17) is 23.4 Å². The van der Waals surface area contributed by atoms with Crippen LogP contribution in [0.2, 0.25) is 18.1 Å². The lowest BCUT2D eigenvalue weighted by molar-refractivity contribution is -0.168. The van der Waals surface area contributed by atoms with Crippen LogP contribution in [0.15, 0.2) is 127 Å². The number of imidazole rings is 1. The Morgan fingerprint density at radius 3 is 2.11 bits per heavy atom. The van der Waals surface area contributed by atoms with Gasteiger partial charge >= 0.3 is 0 Å². The Bertz CT molecular complexity index is 2180. The van der Waals surface area contributed by atoms with Crippen LogP contribution in [0.25, 0.3) is 11.2 Å². The fraction of sp³-hybridized carbons (Fsp3) is 0.364. The van der Waals surface area contributed by atoms with Gasteiger partial charge in [0.25, 0.3) is 5.91 Å². The molecule has 1 amide bonds. The van der Waals surface area contributed by atoms with E-state index in [1.54, 1.807) is 49.4 Å². The summed E-state index contributed by atoms with van der Waals surface area (Å²) >= 11 is 0. The second-order valence-electron chi connectivity index (χ2n) is 15.9. The fourth-order valence-electron chi connectivity index (χ4n) is 7.18. The van der Waals surface area contributed by atoms with Crippen LogP contribution in [0.1, 0.15) is 54.9 Å². The molecule has 0 saturated carbocycles. The summed E-state index contributed by atoms with van der Waals surface area (Å²) in [6.07, 6.45) is 5.80. The lowest BCUT2D eigenvalue weighted by Crippen LogP contribution is -2.49. The Morgan fingerprint density at radius 2 is 1.54 bits per heavy atom. The van der Waals surface area contributed by atoms with Crippen LogP contribution >= 0.6 is 0 Å². The largest absolute Gasteiger partial charge is 0.407 e. The number of carbonyl (C=O) groups is 1. The van der Waals surface area contributed by atoms with Crippen LogP contribution in [0, 0.1) is 0 Å². The van der Waals surface area contributed by atoms with E-state index in [-0.39, 0.29) is 23.4 Å². The van der Waals surface area contributed by atoms with Gasteiger partial charge in [0.2, 0.25) is 0 Å². The van der Waals surface area contributed by atoms with Gasteiger partial charge in [0.1, 0.15) is 30.2 Å². The quantitative estimate of drug-likeness (QED) is 0.0908. The third kappa shape index (κ3) is 7.76. The number of fused-ring (bicyclic) bond motifs is 1. The van der Waals surface area contributed by atoms with Crippen LogP contribution in [-0.2, 0) is 29.0 Å². The number of methoxy groups -OCH3 is 2. The van der Waals surface area contributed by atoms with Gasteiger partial charge in [0.05, 0.1) is 12.9 Å². The molecule has 1 fully saturated rings. The number of nitrogens with one attached hydrogen (secondary N) is 1. The van der Waals surface area contributed by atoms with Crippen molar-refractivity contribution < 1.29 is 33.3 Å². The highest BCUT2D eigenvalue weighted by atomic mass is 28.4. The highest BCUT2D eigenvalue weighted by molar-refractivity contribution is 6.74. The van der Waals surface area contributed by atoms with Gasteiger partial charge in [-0.05, 0) is 53.0 Å². The van der Waals surface area contributed by atoms with Gasteiger partial charge in [-0.15, -0.1) is 0 Å². The fourth-order valence-corrected chi connectivity index (χ4v) is 8.47. The van der Waals surface area contributed by atoms with Crippen molar-refractivity contribution in [2.45, 2.75) is 81.3 Å². The molecule has 0 radical (unpaired) electrons. The molecule has 1 aliphatic carbocycles. The van der Waals surface area contributed by atoms with Gasteiger partial charge in [-0.2, -0.15) is 0 Å². The molecular weight excluding hydrogens is 739 g/mol. The van der Waals surface area contributed by atoms with E-state index in [2.05, 4.69) is 60.2 Å². The predicted octanol–water partition coefficient (Wildman–Crippen LogP) is 7.56. The minimum Gasteiger partial charge on any atom is -0.407 e. The summed E-state index contributed by atoms with van der Waals surface area (Å²) in [5.74, 6) is -0.980. The molecule has 12 nitrogen and oxygen atoms in total. The SMILES string of the molecule is COC1(OC)C=CC(C(OC[C@H]2O[C@@H](n3cnc4c(NC(=O)c5ccccc5)ncnc43)[C@H](O[Si](C)(C)C(C)(C)C)[C@@H]2O)(c2ccccc2)c2ccccc2)=CC1. The van der Waals surface area contributed by atoms with Crippen molar-refractivity contribution in [2.75, 3.05) is 26.1 Å². The molecule has 4 atom stereocenters. The highest BCUT2D eigenvalue weighted by Gasteiger charge is 2.52. The first-order chi connectivity index (χ1) is 27.3. The van der Waals surface area contributed by atoms with Crippen molar-refractivity contribution in [3.63, 3.8) is 0 Å². The minimum absolute atomic E-state index is 0.0102. The van der Waals surface area contributed by atoms with E-state index >= 15 is 0 Å². The van der Waals surface area contributed by atoms with E-state index in [9.17, 15) is 9.90 Å². The zero-order valence-electron chi connectivity index (χ0n) is 33.5. The third-order valence-corrected chi connectivity index (χ3v) is 16.0. The van der Waals surface area contributed by atoms with Gasteiger partial charge in [0, 0.05) is 26.2 Å². The van der Waals surface area contributed by atoms with Gasteiger partial charge in [-0.1, -0.05) is 112 Å². The van der Waals surface area contributed by atoms with Crippen molar-refractivity contribution in [2.24, 2.45) is 0 Å². The van der Waals surface area contributed by atoms with Crippen molar-refractivity contribution in [1.82, 2.24) is 19.5 Å². The second-order valence-corrected chi connectivity index (χ2v) is 20.7. The Balaban J connectivity index is 1.27. The molecule has 2 aromatic heterocycles. The number of nitrogens with zero attached hydrogens (tertiary/aromatic N) is 4. The second kappa shape index (κ2) is 16.2. The first kappa shape index (κ1) is 40.3. The van der Waals surface area contributed by atoms with E-state index in [1.165, 1.54) is 6.33 Å². The predicted molar refractivity (Wildman–Crippen MR) is 220 cm³/mol. The number of hydrogen-bond donors (Lipinski definition) is 2. The lowest BCUT2D eigenvalue weighted by atomic mass is 9.77. The number of rotatable bonds is 13. The molecule has 1 saturated heterocycles. The molecular formula is C44H51N5O7Si. The van der Waals surface area contributed by atoms with E-state index in [1.807, 2.05) is 78.9 Å². The number of benzene rings is 3. The lowest BCUT2D eigenvalue weighted by Gasteiger charge is -2.40. The molecule has 3 heterocycles. The maximum Gasteiger partial charge on any atom is 0.256 e. The number of carbonyl (C=O) groups excluding carboxylic acids is 1. The molecule has 3 aromatic carbocycles. The molecule has 298 valence electrons. The molecule has 7 rings (SSSR count). The average molecular weight is 790 g/mol. The summed E-state index contributed by atoms with van der Waals surface area (Å²) in [6.45, 7) is 10.7. The smallest absolute Gasteiger partial charge is 0.256 e. The topological polar surface area (TPSA) is 139 Å². The molecule has 0 bridgehead atoms. The Morgan fingerprint density at radius 1 is 0.930 bits per heavy atom. The maximum absolute atomic E-state index is 13.1. The van der Waals surface area contributed by atoms with E-state index in [0.29, 0.717) is 23.1 Å². The number of aliphatic hydroxyl groups is 1. The first-order valence-electron chi connectivity index (χ1n) is 19.1. The number of hydrogen-bond acceptors (Lipinski definition) is 10. The molecule has 13 heteroatoms. The first-order valence-corrected chi connectivity index (χ1v) is 22.0. The van der Waals surface area contributed by atoms with Crippen molar-refractivity contribution in [3.05, 3.63) is 144 Å². The van der Waals surface area contributed by atoms with E-state index in [0.717, 1.165) is 16.7 Å². The van der Waals surface area contributed by atoms with E-state index < -0.39 is 44.2 Å². The molecule has 0 unspecified atom stereocenters. The Kier molecular flexibility index (Phi) is 11.4. The summed E-state index contributed by atoms with van der Waals surface area (Å²) in [5, 5.41) is 15.0. The number of aromatic nitrogens is 4. The molecule has 0 spiro atoms. The maximum atomic E-state index is 13.1. The zero-order valence-corrected chi connectivity index (χ0v) is 34.5. The molecule has 57 heavy (non-hydrogen) atoms. The van der Waals surface area contributed by atoms with Gasteiger partial charge in [-0.25, -0.2) is 15.0 Å². The third-order valence-electron chi connectivity index (χ3n) is 11.5. The molecule has 2 aliphatic rings. The van der Waals surface area contributed by atoms with Crippen LogP contribution < -0.4 is 5.32 Å². The highest BCUT2D eigenvalue weighted by Crippen LogP contribution is 2.46. The summed E-state index contributed by atoms with van der Waals surface area (Å²) in [5.41, 5.74) is 2.84. The Hall–Kier alpha value is -4.86. The molecule has 2 N–H and O–H groups in total. The number of anilines is 1.